The van der Waals surface area contributed by atoms with E-state index < -0.39 is 0 Å². The molecule has 0 spiro atoms. The summed E-state index contributed by atoms with van der Waals surface area (Å²) < 4.78 is 5.32. The first-order chi connectivity index (χ1) is 15.0. The maximum absolute atomic E-state index is 12.8. The average Bonchev–Trinajstić information content (AvgIpc) is 2.79. The molecule has 1 saturated heterocycles. The van der Waals surface area contributed by atoms with Crippen LogP contribution in [0.5, 0.6) is 5.75 Å². The lowest BCUT2D eigenvalue weighted by molar-refractivity contribution is -0.118. The minimum absolute atomic E-state index is 0.0758. The molecule has 2 amide bonds. The third-order valence-electron chi connectivity index (χ3n) is 5.58. The minimum Gasteiger partial charge on any atom is -0.495 e. The van der Waals surface area contributed by atoms with Crippen LogP contribution in [0.1, 0.15) is 36.5 Å². The zero-order valence-electron chi connectivity index (χ0n) is 18.1. The summed E-state index contributed by atoms with van der Waals surface area (Å²) in [6, 6.07) is 14.8. The Balaban J connectivity index is 1.58. The van der Waals surface area contributed by atoms with Crippen molar-refractivity contribution in [1.82, 2.24) is 9.80 Å². The molecular weight excluding hydrogens is 414 g/mol. The number of nitrogens with one attached hydrogen (secondary N) is 1. The van der Waals surface area contributed by atoms with Gasteiger partial charge in [0.15, 0.2) is 0 Å². The number of anilines is 1. The number of rotatable bonds is 8. The third-order valence-corrected chi connectivity index (χ3v) is 5.82. The second-order valence-corrected chi connectivity index (χ2v) is 8.19. The van der Waals surface area contributed by atoms with Gasteiger partial charge in [-0.1, -0.05) is 36.7 Å². The van der Waals surface area contributed by atoms with Crippen LogP contribution in [0.4, 0.5) is 5.69 Å². The van der Waals surface area contributed by atoms with E-state index in [1.807, 2.05) is 35.2 Å². The Kier molecular flexibility index (Phi) is 8.32. The van der Waals surface area contributed by atoms with Gasteiger partial charge < -0.3 is 15.0 Å². The minimum atomic E-state index is -0.100. The van der Waals surface area contributed by atoms with E-state index in [2.05, 4.69) is 17.1 Å². The normalized spacial score (nSPS) is 14.5. The quantitative estimate of drug-likeness (QED) is 0.660. The Hall–Kier alpha value is -2.57. The first-order valence-corrected chi connectivity index (χ1v) is 11.1. The Morgan fingerprint density at radius 1 is 1.16 bits per heavy atom. The van der Waals surface area contributed by atoms with Crippen molar-refractivity contribution >= 4 is 29.1 Å². The lowest BCUT2D eigenvalue weighted by Crippen LogP contribution is -2.49. The van der Waals surface area contributed by atoms with Crippen LogP contribution in [-0.2, 0) is 4.79 Å². The zero-order valence-corrected chi connectivity index (χ0v) is 18.9. The van der Waals surface area contributed by atoms with Gasteiger partial charge in [0.1, 0.15) is 5.75 Å². The van der Waals surface area contributed by atoms with Crippen molar-refractivity contribution in [3.8, 4) is 5.75 Å². The van der Waals surface area contributed by atoms with Crippen molar-refractivity contribution in [2.45, 2.75) is 32.2 Å². The lowest BCUT2D eigenvalue weighted by atomic mass is 10.0. The maximum atomic E-state index is 12.8. The van der Waals surface area contributed by atoms with Gasteiger partial charge in [-0.2, -0.15) is 0 Å². The number of benzene rings is 2. The highest BCUT2D eigenvalue weighted by atomic mass is 35.5. The molecule has 0 aromatic heterocycles. The molecule has 6 nitrogen and oxygen atoms in total. The van der Waals surface area contributed by atoms with E-state index >= 15 is 0 Å². The van der Waals surface area contributed by atoms with Gasteiger partial charge in [0.2, 0.25) is 5.91 Å². The SMILES string of the molecule is CCCN(CC(=O)Nc1cc(Cl)ccc1OC)C1CCN(C(=O)c2ccccc2)CC1. The van der Waals surface area contributed by atoms with E-state index in [-0.39, 0.29) is 17.9 Å². The highest BCUT2D eigenvalue weighted by Gasteiger charge is 2.28. The molecule has 1 aliphatic rings. The number of carbonyl (C=O) groups excluding carboxylic acids is 2. The summed E-state index contributed by atoms with van der Waals surface area (Å²) in [5, 5.41) is 3.46. The fraction of sp³-hybridized carbons (Fsp3) is 0.417. The number of amides is 2. The van der Waals surface area contributed by atoms with Gasteiger partial charge in [0.05, 0.1) is 19.3 Å². The van der Waals surface area contributed by atoms with Gasteiger partial charge in [-0.3, -0.25) is 14.5 Å². The second-order valence-electron chi connectivity index (χ2n) is 7.75. The molecule has 0 radical (unpaired) electrons. The Bertz CT molecular complexity index is 883. The van der Waals surface area contributed by atoms with Crippen molar-refractivity contribution in [2.75, 3.05) is 38.6 Å². The first kappa shape index (κ1) is 23.1. The number of halogens is 1. The molecule has 0 bridgehead atoms. The van der Waals surface area contributed by atoms with Gasteiger partial charge in [-0.15, -0.1) is 0 Å². The molecule has 166 valence electrons. The van der Waals surface area contributed by atoms with Crippen LogP contribution in [0.3, 0.4) is 0 Å². The first-order valence-electron chi connectivity index (χ1n) is 10.7. The molecule has 7 heteroatoms. The standard InChI is InChI=1S/C24H30ClN3O3/c1-3-13-28(17-23(29)26-21-16-19(25)9-10-22(21)31-2)20-11-14-27(15-12-20)24(30)18-7-5-4-6-8-18/h4-10,16,20H,3,11-15,17H2,1-2H3,(H,26,29). The van der Waals surface area contributed by atoms with Crippen LogP contribution < -0.4 is 10.1 Å². The number of methoxy groups -OCH3 is 1. The monoisotopic (exact) mass is 443 g/mol. The summed E-state index contributed by atoms with van der Waals surface area (Å²) in [6.45, 7) is 4.63. The molecule has 1 fully saturated rings. The summed E-state index contributed by atoms with van der Waals surface area (Å²) in [7, 11) is 1.56. The molecule has 0 saturated carbocycles. The van der Waals surface area contributed by atoms with E-state index in [0.29, 0.717) is 36.1 Å². The highest BCUT2D eigenvalue weighted by Crippen LogP contribution is 2.28. The smallest absolute Gasteiger partial charge is 0.253 e. The van der Waals surface area contributed by atoms with Crippen LogP contribution in [-0.4, -0.2) is 60.9 Å². The van der Waals surface area contributed by atoms with Crippen molar-refractivity contribution in [2.24, 2.45) is 0 Å². The molecule has 2 aromatic carbocycles. The van der Waals surface area contributed by atoms with Crippen LogP contribution in [0, 0.1) is 0 Å². The molecule has 3 rings (SSSR count). The Morgan fingerprint density at radius 2 is 1.87 bits per heavy atom. The van der Waals surface area contributed by atoms with E-state index in [0.717, 1.165) is 31.4 Å². The number of hydrogen-bond acceptors (Lipinski definition) is 4. The second kappa shape index (κ2) is 11.2. The number of ether oxygens (including phenoxy) is 1. The summed E-state index contributed by atoms with van der Waals surface area (Å²) in [4.78, 5) is 29.6. The Morgan fingerprint density at radius 3 is 2.52 bits per heavy atom. The molecular formula is C24H30ClN3O3. The number of piperidine rings is 1. The summed E-state index contributed by atoms with van der Waals surface area (Å²) in [5.74, 6) is 0.552. The average molecular weight is 444 g/mol. The van der Waals surface area contributed by atoms with E-state index in [1.54, 1.807) is 25.3 Å². The number of hydrogen-bond donors (Lipinski definition) is 1. The summed E-state index contributed by atoms with van der Waals surface area (Å²) in [5.41, 5.74) is 1.29. The summed E-state index contributed by atoms with van der Waals surface area (Å²) >= 11 is 6.07. The van der Waals surface area contributed by atoms with E-state index in [9.17, 15) is 9.59 Å². The van der Waals surface area contributed by atoms with Crippen LogP contribution in [0.25, 0.3) is 0 Å². The fourth-order valence-corrected chi connectivity index (χ4v) is 4.20. The van der Waals surface area contributed by atoms with E-state index in [1.165, 1.54) is 0 Å². The molecule has 0 aliphatic carbocycles. The van der Waals surface area contributed by atoms with Gasteiger partial charge in [0.25, 0.3) is 5.91 Å². The molecule has 1 aliphatic heterocycles. The number of likely N-dealkylation sites (tertiary alicyclic amines) is 1. The van der Waals surface area contributed by atoms with Crippen molar-refractivity contribution in [1.29, 1.82) is 0 Å². The van der Waals surface area contributed by atoms with Crippen LogP contribution >= 0.6 is 11.6 Å². The van der Waals surface area contributed by atoms with Gasteiger partial charge in [-0.05, 0) is 56.1 Å². The molecule has 1 N–H and O–H groups in total. The number of nitrogens with zero attached hydrogens (tertiary/aromatic N) is 2. The van der Waals surface area contributed by atoms with Crippen molar-refractivity contribution in [3.05, 3.63) is 59.1 Å². The molecule has 0 atom stereocenters. The predicted octanol–water partition coefficient (Wildman–Crippen LogP) is 4.30. The summed E-state index contributed by atoms with van der Waals surface area (Å²) in [6.07, 6.45) is 2.66. The highest BCUT2D eigenvalue weighted by molar-refractivity contribution is 6.31. The fourth-order valence-electron chi connectivity index (χ4n) is 4.03. The molecule has 1 heterocycles. The lowest BCUT2D eigenvalue weighted by Gasteiger charge is -2.38. The van der Waals surface area contributed by atoms with Crippen LogP contribution in [0.15, 0.2) is 48.5 Å². The van der Waals surface area contributed by atoms with Crippen molar-refractivity contribution in [3.63, 3.8) is 0 Å². The van der Waals surface area contributed by atoms with E-state index in [4.69, 9.17) is 16.3 Å². The predicted molar refractivity (Wildman–Crippen MR) is 124 cm³/mol. The number of carbonyl (C=O) groups is 2. The topological polar surface area (TPSA) is 61.9 Å². The molecule has 2 aromatic rings. The van der Waals surface area contributed by atoms with Gasteiger partial charge in [0, 0.05) is 29.7 Å². The van der Waals surface area contributed by atoms with Crippen LogP contribution in [0.2, 0.25) is 5.02 Å². The van der Waals surface area contributed by atoms with Gasteiger partial charge in [-0.25, -0.2) is 0 Å². The third kappa shape index (κ3) is 6.21. The largest absolute Gasteiger partial charge is 0.495 e. The molecule has 0 unspecified atom stereocenters. The zero-order chi connectivity index (χ0) is 22.2. The Labute approximate surface area is 189 Å². The van der Waals surface area contributed by atoms with Gasteiger partial charge >= 0.3 is 0 Å². The maximum Gasteiger partial charge on any atom is 0.253 e. The van der Waals surface area contributed by atoms with Crippen molar-refractivity contribution < 1.29 is 14.3 Å². The molecule has 31 heavy (non-hydrogen) atoms.